The molecule has 0 N–H and O–H groups in total. The number of hydrogen-bond donors (Lipinski definition) is 0. The number of alkyl halides is 1. The first-order valence-electron chi connectivity index (χ1n) is 6.49. The van der Waals surface area contributed by atoms with E-state index in [1.54, 1.807) is 0 Å². The monoisotopic (exact) mass is 263 g/mol. The van der Waals surface area contributed by atoms with Crippen molar-refractivity contribution in [2.75, 3.05) is 19.5 Å². The minimum absolute atomic E-state index is 0. The first-order valence-corrected chi connectivity index (χ1v) is 7.02. The van der Waals surface area contributed by atoms with Crippen LogP contribution in [0.15, 0.2) is 0 Å². The van der Waals surface area contributed by atoms with Crippen LogP contribution in [0.25, 0.3) is 0 Å². The van der Waals surface area contributed by atoms with Gasteiger partial charge in [-0.3, -0.25) is 4.90 Å². The molecule has 0 aromatic carbocycles. The minimum Gasteiger partial charge on any atom is -0.299 e. The van der Waals surface area contributed by atoms with Gasteiger partial charge in [0.05, 0.1) is 0 Å². The van der Waals surface area contributed by atoms with Gasteiger partial charge in [-0.05, 0) is 63.3 Å². The highest BCUT2D eigenvalue weighted by atomic mass is 35.5. The summed E-state index contributed by atoms with van der Waals surface area (Å²) in [6, 6.07) is 0. The summed E-state index contributed by atoms with van der Waals surface area (Å²) in [4.78, 5) is 2.59. The summed E-state index contributed by atoms with van der Waals surface area (Å²) in [6.45, 7) is 1.08. The Balaban J connectivity index is 0.000000963. The SMILES string of the molecule is CN(CCCl)C12CC3CC(CC(C3)C1)C2.Cl. The van der Waals surface area contributed by atoms with Crippen LogP contribution in [0.3, 0.4) is 0 Å². The summed E-state index contributed by atoms with van der Waals surface area (Å²) in [5.74, 6) is 3.94. The molecule has 1 nitrogen and oxygen atoms in total. The first kappa shape index (κ1) is 13.0. The van der Waals surface area contributed by atoms with Crippen LogP contribution in [0.1, 0.15) is 38.5 Å². The lowest BCUT2D eigenvalue weighted by atomic mass is 9.52. The molecule has 0 aromatic heterocycles. The van der Waals surface area contributed by atoms with Crippen LogP contribution >= 0.6 is 24.0 Å². The van der Waals surface area contributed by atoms with Gasteiger partial charge in [0, 0.05) is 18.0 Å². The van der Waals surface area contributed by atoms with Crippen molar-refractivity contribution in [1.29, 1.82) is 0 Å². The molecule has 0 atom stereocenters. The van der Waals surface area contributed by atoms with Gasteiger partial charge in [0.2, 0.25) is 0 Å². The second-order valence-electron chi connectivity index (χ2n) is 6.25. The highest BCUT2D eigenvalue weighted by Gasteiger charge is 2.52. The second kappa shape index (κ2) is 4.66. The molecule has 0 saturated heterocycles. The fourth-order valence-electron chi connectivity index (χ4n) is 4.90. The molecule has 4 aliphatic rings. The van der Waals surface area contributed by atoms with Gasteiger partial charge in [0.25, 0.3) is 0 Å². The molecule has 0 spiro atoms. The lowest BCUT2D eigenvalue weighted by Crippen LogP contribution is -2.59. The van der Waals surface area contributed by atoms with Crippen molar-refractivity contribution >= 4 is 24.0 Å². The molecule has 0 radical (unpaired) electrons. The van der Waals surface area contributed by atoms with E-state index < -0.39 is 0 Å². The van der Waals surface area contributed by atoms with Crippen molar-refractivity contribution < 1.29 is 0 Å². The van der Waals surface area contributed by atoms with Gasteiger partial charge in [0.1, 0.15) is 0 Å². The summed E-state index contributed by atoms with van der Waals surface area (Å²) in [5.41, 5.74) is 0.559. The van der Waals surface area contributed by atoms with Gasteiger partial charge in [-0.1, -0.05) is 0 Å². The van der Waals surface area contributed by atoms with Crippen molar-refractivity contribution in [3.8, 4) is 0 Å². The molecule has 94 valence electrons. The van der Waals surface area contributed by atoms with Crippen LogP contribution in [0.4, 0.5) is 0 Å². The summed E-state index contributed by atoms with van der Waals surface area (Å²) in [6.07, 6.45) is 9.00. The third-order valence-corrected chi connectivity index (χ3v) is 5.40. The van der Waals surface area contributed by atoms with Gasteiger partial charge >= 0.3 is 0 Å². The standard InChI is InChI=1S/C13H22ClN.ClH/c1-15(3-2-14)13-7-10-4-11(8-13)6-12(5-10)9-13;/h10-12H,2-9H2,1H3;1H. The first-order chi connectivity index (χ1) is 7.22. The van der Waals surface area contributed by atoms with E-state index >= 15 is 0 Å². The van der Waals surface area contributed by atoms with E-state index in [0.717, 1.165) is 30.2 Å². The van der Waals surface area contributed by atoms with Gasteiger partial charge in [-0.15, -0.1) is 24.0 Å². The highest BCUT2D eigenvalue weighted by molar-refractivity contribution is 6.18. The molecule has 0 aromatic rings. The summed E-state index contributed by atoms with van der Waals surface area (Å²) in [7, 11) is 2.30. The molecule has 0 aliphatic heterocycles. The average Bonchev–Trinajstić information content (AvgIpc) is 2.15. The van der Waals surface area contributed by atoms with Crippen LogP contribution in [0.2, 0.25) is 0 Å². The molecule has 4 aliphatic carbocycles. The Labute approximate surface area is 110 Å². The summed E-state index contributed by atoms with van der Waals surface area (Å²) < 4.78 is 0. The number of rotatable bonds is 3. The van der Waals surface area contributed by atoms with Gasteiger partial charge in [0.15, 0.2) is 0 Å². The zero-order valence-corrected chi connectivity index (χ0v) is 11.7. The van der Waals surface area contributed by atoms with E-state index in [2.05, 4.69) is 11.9 Å². The van der Waals surface area contributed by atoms with E-state index in [9.17, 15) is 0 Å². The number of nitrogens with zero attached hydrogens (tertiary/aromatic N) is 1. The summed E-state index contributed by atoms with van der Waals surface area (Å²) in [5, 5.41) is 0. The molecule has 3 heteroatoms. The van der Waals surface area contributed by atoms with Crippen LogP contribution in [0.5, 0.6) is 0 Å². The van der Waals surface area contributed by atoms with Crippen molar-refractivity contribution in [3.05, 3.63) is 0 Å². The maximum Gasteiger partial charge on any atom is 0.0351 e. The molecule has 0 heterocycles. The zero-order valence-electron chi connectivity index (χ0n) is 10.1. The smallest absolute Gasteiger partial charge is 0.0351 e. The van der Waals surface area contributed by atoms with E-state index in [4.69, 9.17) is 11.6 Å². The van der Waals surface area contributed by atoms with Gasteiger partial charge < -0.3 is 0 Å². The van der Waals surface area contributed by atoms with Crippen LogP contribution in [0, 0.1) is 17.8 Å². The molecule has 4 bridgehead atoms. The summed E-state index contributed by atoms with van der Waals surface area (Å²) >= 11 is 5.89. The quantitative estimate of drug-likeness (QED) is 0.705. The van der Waals surface area contributed by atoms with E-state index in [0.29, 0.717) is 5.54 Å². The maximum atomic E-state index is 5.89. The molecule has 4 fully saturated rings. The third kappa shape index (κ3) is 2.00. The van der Waals surface area contributed by atoms with Crippen LogP contribution in [-0.4, -0.2) is 29.9 Å². The van der Waals surface area contributed by atoms with E-state index in [1.807, 2.05) is 0 Å². The number of halogens is 2. The van der Waals surface area contributed by atoms with E-state index in [-0.39, 0.29) is 12.4 Å². The molecule has 4 rings (SSSR count). The van der Waals surface area contributed by atoms with Crippen LogP contribution in [-0.2, 0) is 0 Å². The topological polar surface area (TPSA) is 3.24 Å². The largest absolute Gasteiger partial charge is 0.299 e. The molecule has 4 saturated carbocycles. The van der Waals surface area contributed by atoms with Crippen molar-refractivity contribution in [2.45, 2.75) is 44.1 Å². The Morgan fingerprint density at radius 3 is 1.88 bits per heavy atom. The van der Waals surface area contributed by atoms with Gasteiger partial charge in [-0.25, -0.2) is 0 Å². The fourth-order valence-corrected chi connectivity index (χ4v) is 5.15. The van der Waals surface area contributed by atoms with Crippen molar-refractivity contribution in [1.82, 2.24) is 4.90 Å². The lowest BCUT2D eigenvalue weighted by Gasteiger charge is -2.60. The normalized spacial score (nSPS) is 44.8. The van der Waals surface area contributed by atoms with Gasteiger partial charge in [-0.2, -0.15) is 0 Å². The highest BCUT2D eigenvalue weighted by Crippen LogP contribution is 2.57. The van der Waals surface area contributed by atoms with E-state index in [1.165, 1.54) is 38.5 Å². The Morgan fingerprint density at radius 1 is 1.06 bits per heavy atom. The molecular weight excluding hydrogens is 241 g/mol. The van der Waals surface area contributed by atoms with Crippen LogP contribution < -0.4 is 0 Å². The minimum atomic E-state index is 0. The van der Waals surface area contributed by atoms with Crippen molar-refractivity contribution in [3.63, 3.8) is 0 Å². The fraction of sp³-hybridized carbons (Fsp3) is 1.00. The Hall–Kier alpha value is 0.540. The molecule has 16 heavy (non-hydrogen) atoms. The molecule has 0 amide bonds. The Bertz CT molecular complexity index is 219. The number of hydrogen-bond acceptors (Lipinski definition) is 1. The third-order valence-electron chi connectivity index (χ3n) is 5.24. The Kier molecular flexibility index (Phi) is 3.78. The van der Waals surface area contributed by atoms with Crippen molar-refractivity contribution in [2.24, 2.45) is 17.8 Å². The predicted octanol–water partition coefficient (Wildman–Crippen LogP) is 3.55. The second-order valence-corrected chi connectivity index (χ2v) is 6.63. The maximum absolute atomic E-state index is 5.89. The average molecular weight is 264 g/mol. The predicted molar refractivity (Wildman–Crippen MR) is 71.5 cm³/mol. The molecule has 0 unspecified atom stereocenters. The molecular formula is C13H23Cl2N. The Morgan fingerprint density at radius 2 is 1.50 bits per heavy atom. The zero-order chi connectivity index (χ0) is 10.5. The lowest BCUT2D eigenvalue weighted by molar-refractivity contribution is -0.0769.